The number of ether oxygens (including phenoxy) is 2. The second kappa shape index (κ2) is 7.14. The lowest BCUT2D eigenvalue weighted by Gasteiger charge is -2.32. The fourth-order valence-corrected chi connectivity index (χ4v) is 5.38. The van der Waals surface area contributed by atoms with Crippen molar-refractivity contribution in [1.29, 1.82) is 0 Å². The molecular formula is C20H27NO3. The SMILES string of the molecule is O=C(COCCOc1ccccc1)N[C@@H]1C[C@H]2C[C@H]1[C@H]1CCC[C@@H]21. The molecular weight excluding hydrogens is 302 g/mol. The predicted octanol–water partition coefficient (Wildman–Crippen LogP) is 3.02. The molecule has 0 heterocycles. The van der Waals surface area contributed by atoms with Gasteiger partial charge in [0, 0.05) is 6.04 Å². The highest BCUT2D eigenvalue weighted by Crippen LogP contribution is 2.58. The molecule has 1 amide bonds. The van der Waals surface area contributed by atoms with Gasteiger partial charge >= 0.3 is 0 Å². The number of nitrogens with one attached hydrogen (secondary N) is 1. The molecule has 3 saturated carbocycles. The molecule has 130 valence electrons. The Morgan fingerprint density at radius 1 is 1.04 bits per heavy atom. The molecule has 1 N–H and O–H groups in total. The Hall–Kier alpha value is -1.55. The number of carbonyl (C=O) groups is 1. The standard InChI is InChI=1S/C20H27NO3/c22-20(13-23-9-10-24-15-5-2-1-3-6-15)21-19-12-14-11-18(19)17-8-4-7-16(14)17/h1-3,5-6,14,16-19H,4,7-13H2,(H,21,22)/t14-,16+,17+,18+,19-/m1/s1. The highest BCUT2D eigenvalue weighted by molar-refractivity contribution is 5.77. The number of para-hydroxylation sites is 1. The van der Waals surface area contributed by atoms with Gasteiger partial charge < -0.3 is 14.8 Å². The predicted molar refractivity (Wildman–Crippen MR) is 91.7 cm³/mol. The van der Waals surface area contributed by atoms with Crippen LogP contribution in [0.1, 0.15) is 32.1 Å². The van der Waals surface area contributed by atoms with E-state index in [0.29, 0.717) is 19.3 Å². The van der Waals surface area contributed by atoms with Crippen molar-refractivity contribution in [2.75, 3.05) is 19.8 Å². The number of rotatable bonds is 7. The van der Waals surface area contributed by atoms with Gasteiger partial charge in [-0.05, 0) is 61.5 Å². The summed E-state index contributed by atoms with van der Waals surface area (Å²) in [5, 5.41) is 3.23. The normalized spacial score (nSPS) is 33.4. The van der Waals surface area contributed by atoms with Crippen molar-refractivity contribution in [3.63, 3.8) is 0 Å². The summed E-state index contributed by atoms with van der Waals surface area (Å²) < 4.78 is 11.0. The highest BCUT2D eigenvalue weighted by Gasteiger charge is 2.53. The number of fused-ring (bicyclic) bond motifs is 5. The van der Waals surface area contributed by atoms with E-state index in [1.165, 1.54) is 32.1 Å². The Morgan fingerprint density at radius 3 is 2.75 bits per heavy atom. The first-order valence-electron chi connectivity index (χ1n) is 9.36. The first-order chi connectivity index (χ1) is 11.8. The van der Waals surface area contributed by atoms with Crippen molar-refractivity contribution in [3.05, 3.63) is 30.3 Å². The minimum atomic E-state index is 0.0295. The average molecular weight is 329 g/mol. The summed E-state index contributed by atoms with van der Waals surface area (Å²) in [4.78, 5) is 12.1. The van der Waals surface area contributed by atoms with Crippen molar-refractivity contribution in [3.8, 4) is 5.75 Å². The third kappa shape index (κ3) is 3.30. The molecule has 0 saturated heterocycles. The van der Waals surface area contributed by atoms with E-state index in [9.17, 15) is 4.79 Å². The smallest absolute Gasteiger partial charge is 0.246 e. The average Bonchev–Trinajstić information content (AvgIpc) is 3.28. The van der Waals surface area contributed by atoms with Gasteiger partial charge in [-0.1, -0.05) is 24.6 Å². The summed E-state index contributed by atoms with van der Waals surface area (Å²) in [6.07, 6.45) is 6.73. The van der Waals surface area contributed by atoms with Crippen molar-refractivity contribution in [2.45, 2.75) is 38.1 Å². The lowest BCUT2D eigenvalue weighted by atomic mass is 9.79. The van der Waals surface area contributed by atoms with Gasteiger partial charge in [-0.3, -0.25) is 4.79 Å². The van der Waals surface area contributed by atoms with Gasteiger partial charge in [-0.15, -0.1) is 0 Å². The second-order valence-electron chi connectivity index (χ2n) is 7.54. The highest BCUT2D eigenvalue weighted by atomic mass is 16.5. The summed E-state index contributed by atoms with van der Waals surface area (Å²) in [5.74, 6) is 4.31. The Bertz CT molecular complexity index is 561. The van der Waals surface area contributed by atoms with Crippen LogP contribution < -0.4 is 10.1 Å². The molecule has 0 radical (unpaired) electrons. The van der Waals surface area contributed by atoms with Crippen molar-refractivity contribution >= 4 is 5.91 Å². The first kappa shape index (κ1) is 15.9. The summed E-state index contributed by atoms with van der Waals surface area (Å²) in [6, 6.07) is 10.1. The molecule has 24 heavy (non-hydrogen) atoms. The number of hydrogen-bond donors (Lipinski definition) is 1. The topological polar surface area (TPSA) is 47.6 Å². The summed E-state index contributed by atoms with van der Waals surface area (Å²) in [7, 11) is 0. The maximum absolute atomic E-state index is 12.1. The minimum absolute atomic E-state index is 0.0295. The molecule has 0 spiro atoms. The van der Waals surface area contributed by atoms with Crippen LogP contribution in [0.5, 0.6) is 5.75 Å². The van der Waals surface area contributed by atoms with E-state index < -0.39 is 0 Å². The Labute approximate surface area is 143 Å². The van der Waals surface area contributed by atoms with E-state index in [-0.39, 0.29) is 12.5 Å². The van der Waals surface area contributed by atoms with Crippen LogP contribution in [0.15, 0.2) is 30.3 Å². The van der Waals surface area contributed by atoms with Gasteiger partial charge in [0.2, 0.25) is 5.91 Å². The molecule has 1 aromatic rings. The Morgan fingerprint density at radius 2 is 1.88 bits per heavy atom. The summed E-state index contributed by atoms with van der Waals surface area (Å²) in [5.41, 5.74) is 0. The van der Waals surface area contributed by atoms with Crippen molar-refractivity contribution in [2.24, 2.45) is 23.7 Å². The molecule has 0 aliphatic heterocycles. The summed E-state index contributed by atoms with van der Waals surface area (Å²) in [6.45, 7) is 1.04. The van der Waals surface area contributed by atoms with E-state index in [0.717, 1.165) is 29.4 Å². The third-order valence-corrected chi connectivity index (χ3v) is 6.25. The number of hydrogen-bond acceptors (Lipinski definition) is 3. The maximum Gasteiger partial charge on any atom is 0.246 e. The summed E-state index contributed by atoms with van der Waals surface area (Å²) >= 11 is 0. The van der Waals surface area contributed by atoms with Gasteiger partial charge in [-0.2, -0.15) is 0 Å². The van der Waals surface area contributed by atoms with Gasteiger partial charge in [0.05, 0.1) is 6.61 Å². The molecule has 0 unspecified atom stereocenters. The lowest BCUT2D eigenvalue weighted by molar-refractivity contribution is -0.127. The number of benzene rings is 1. The first-order valence-corrected chi connectivity index (χ1v) is 9.36. The molecule has 4 rings (SSSR count). The molecule has 5 atom stereocenters. The van der Waals surface area contributed by atoms with Crippen LogP contribution in [0.25, 0.3) is 0 Å². The largest absolute Gasteiger partial charge is 0.491 e. The maximum atomic E-state index is 12.1. The zero-order chi connectivity index (χ0) is 16.4. The number of amides is 1. The van der Waals surface area contributed by atoms with Gasteiger partial charge in [0.25, 0.3) is 0 Å². The zero-order valence-electron chi connectivity index (χ0n) is 14.2. The van der Waals surface area contributed by atoms with Crippen LogP contribution >= 0.6 is 0 Å². The van der Waals surface area contributed by atoms with Gasteiger partial charge in [-0.25, -0.2) is 0 Å². The monoisotopic (exact) mass is 329 g/mol. The zero-order valence-corrected chi connectivity index (χ0v) is 14.2. The fourth-order valence-electron chi connectivity index (χ4n) is 5.38. The molecule has 0 aromatic heterocycles. The van der Waals surface area contributed by atoms with Crippen LogP contribution in [0, 0.1) is 23.7 Å². The minimum Gasteiger partial charge on any atom is -0.491 e. The molecule has 4 nitrogen and oxygen atoms in total. The Kier molecular flexibility index (Phi) is 4.74. The van der Waals surface area contributed by atoms with Crippen LogP contribution in [0.3, 0.4) is 0 Å². The van der Waals surface area contributed by atoms with E-state index in [4.69, 9.17) is 9.47 Å². The quantitative estimate of drug-likeness (QED) is 0.782. The van der Waals surface area contributed by atoms with Crippen LogP contribution in [0.2, 0.25) is 0 Å². The molecule has 4 heteroatoms. The van der Waals surface area contributed by atoms with E-state index in [2.05, 4.69) is 5.32 Å². The van der Waals surface area contributed by atoms with Crippen molar-refractivity contribution in [1.82, 2.24) is 5.32 Å². The van der Waals surface area contributed by atoms with Crippen LogP contribution in [-0.4, -0.2) is 31.8 Å². The van der Waals surface area contributed by atoms with Gasteiger partial charge in [0.15, 0.2) is 0 Å². The van der Waals surface area contributed by atoms with E-state index in [1.54, 1.807) is 0 Å². The third-order valence-electron chi connectivity index (χ3n) is 6.25. The lowest BCUT2D eigenvalue weighted by Crippen LogP contribution is -2.43. The van der Waals surface area contributed by atoms with Crippen LogP contribution in [0.4, 0.5) is 0 Å². The van der Waals surface area contributed by atoms with E-state index in [1.807, 2.05) is 30.3 Å². The fraction of sp³-hybridized carbons (Fsp3) is 0.650. The Balaban J connectivity index is 1.13. The molecule has 1 aromatic carbocycles. The second-order valence-corrected chi connectivity index (χ2v) is 7.54. The van der Waals surface area contributed by atoms with Gasteiger partial charge in [0.1, 0.15) is 19.0 Å². The molecule has 3 aliphatic carbocycles. The molecule has 2 bridgehead atoms. The van der Waals surface area contributed by atoms with E-state index >= 15 is 0 Å². The molecule has 3 fully saturated rings. The van der Waals surface area contributed by atoms with Crippen molar-refractivity contribution < 1.29 is 14.3 Å². The molecule has 3 aliphatic rings. The van der Waals surface area contributed by atoms with Crippen LogP contribution in [-0.2, 0) is 9.53 Å². The number of carbonyl (C=O) groups excluding carboxylic acids is 1.